The average molecular weight is 243 g/mol. The highest BCUT2D eigenvalue weighted by Crippen LogP contribution is 2.27. The molecule has 0 bridgehead atoms. The van der Waals surface area contributed by atoms with Crippen LogP contribution in [0.25, 0.3) is 5.65 Å². The summed E-state index contributed by atoms with van der Waals surface area (Å²) in [4.78, 5) is 10.0. The molecule has 0 N–H and O–H groups in total. The molecule has 6 nitrogen and oxygen atoms in total. The molecule has 0 aliphatic heterocycles. The van der Waals surface area contributed by atoms with Gasteiger partial charge in [-0.05, 0) is 15.9 Å². The summed E-state index contributed by atoms with van der Waals surface area (Å²) in [5.41, 5.74) is 0.426. The fraction of sp³-hybridized carbons (Fsp3) is 0. The van der Waals surface area contributed by atoms with Crippen LogP contribution in [-0.4, -0.2) is 19.5 Å². The van der Waals surface area contributed by atoms with Crippen LogP contribution < -0.4 is 0 Å². The van der Waals surface area contributed by atoms with Gasteiger partial charge in [0.25, 0.3) is 5.69 Å². The molecule has 0 saturated heterocycles. The van der Waals surface area contributed by atoms with Crippen molar-refractivity contribution in [2.75, 3.05) is 0 Å². The lowest BCUT2D eigenvalue weighted by Gasteiger charge is -1.95. The molecule has 0 aliphatic carbocycles. The number of hydrogen-bond donors (Lipinski definition) is 0. The maximum absolute atomic E-state index is 10.5. The van der Waals surface area contributed by atoms with Gasteiger partial charge in [-0.15, -0.1) is 10.2 Å². The molecule has 2 aromatic heterocycles. The number of fused-ring (bicyclic) bond motifs is 1. The number of nitro groups is 1. The molecule has 2 heterocycles. The molecule has 0 fully saturated rings. The summed E-state index contributed by atoms with van der Waals surface area (Å²) in [6, 6.07) is 1.39. The van der Waals surface area contributed by atoms with Crippen molar-refractivity contribution in [3.8, 4) is 0 Å². The first-order valence-electron chi connectivity index (χ1n) is 3.32. The highest BCUT2D eigenvalue weighted by Gasteiger charge is 2.15. The fourth-order valence-corrected chi connectivity index (χ4v) is 1.55. The summed E-state index contributed by atoms with van der Waals surface area (Å²) in [6.07, 6.45) is 3.02. The number of halogens is 1. The van der Waals surface area contributed by atoms with Crippen LogP contribution >= 0.6 is 15.9 Å². The summed E-state index contributed by atoms with van der Waals surface area (Å²) in [5.74, 6) is 0. The minimum atomic E-state index is -0.473. The molecule has 0 aromatic carbocycles. The number of hydrogen-bond acceptors (Lipinski definition) is 4. The van der Waals surface area contributed by atoms with Gasteiger partial charge in [-0.1, -0.05) is 0 Å². The van der Waals surface area contributed by atoms with Gasteiger partial charge in [-0.25, -0.2) is 0 Å². The molecular formula is C6H3BrN4O2. The number of aromatic nitrogens is 3. The molecule has 2 rings (SSSR count). The largest absolute Gasteiger partial charge is 0.288 e. The van der Waals surface area contributed by atoms with Crippen molar-refractivity contribution in [3.05, 3.63) is 33.2 Å². The number of pyridine rings is 1. The third kappa shape index (κ3) is 1.17. The third-order valence-electron chi connectivity index (χ3n) is 1.58. The first kappa shape index (κ1) is 8.11. The molecule has 0 saturated carbocycles. The first-order valence-corrected chi connectivity index (χ1v) is 4.11. The third-order valence-corrected chi connectivity index (χ3v) is 2.34. The molecule has 0 spiro atoms. The Labute approximate surface area is 80.5 Å². The predicted molar refractivity (Wildman–Crippen MR) is 47.3 cm³/mol. The fourth-order valence-electron chi connectivity index (χ4n) is 0.988. The van der Waals surface area contributed by atoms with Gasteiger partial charge in [0.2, 0.25) is 0 Å². The monoisotopic (exact) mass is 242 g/mol. The van der Waals surface area contributed by atoms with Crippen LogP contribution in [0.4, 0.5) is 5.69 Å². The van der Waals surface area contributed by atoms with E-state index in [9.17, 15) is 10.1 Å². The van der Waals surface area contributed by atoms with Crippen molar-refractivity contribution in [2.24, 2.45) is 0 Å². The van der Waals surface area contributed by atoms with Crippen LogP contribution in [-0.2, 0) is 0 Å². The van der Waals surface area contributed by atoms with E-state index in [0.717, 1.165) is 0 Å². The average Bonchev–Trinajstić information content (AvgIpc) is 2.52. The van der Waals surface area contributed by atoms with E-state index in [0.29, 0.717) is 10.1 Å². The highest BCUT2D eigenvalue weighted by molar-refractivity contribution is 9.10. The Morgan fingerprint density at radius 1 is 1.62 bits per heavy atom. The smallest absolute Gasteiger partial charge is 0.288 e. The quantitative estimate of drug-likeness (QED) is 0.560. The molecule has 0 atom stereocenters. The Balaban J connectivity index is 2.80. The van der Waals surface area contributed by atoms with Gasteiger partial charge in [0, 0.05) is 12.3 Å². The van der Waals surface area contributed by atoms with E-state index in [1.54, 1.807) is 4.40 Å². The zero-order chi connectivity index (χ0) is 9.42. The first-order chi connectivity index (χ1) is 6.20. The normalized spacial score (nSPS) is 10.5. The van der Waals surface area contributed by atoms with E-state index in [1.807, 2.05) is 0 Å². The zero-order valence-electron chi connectivity index (χ0n) is 6.22. The van der Waals surface area contributed by atoms with Crippen molar-refractivity contribution in [3.63, 3.8) is 0 Å². The second-order valence-electron chi connectivity index (χ2n) is 2.33. The van der Waals surface area contributed by atoms with E-state index >= 15 is 0 Å². The minimum Gasteiger partial charge on any atom is -0.288 e. The van der Waals surface area contributed by atoms with Crippen LogP contribution in [0.5, 0.6) is 0 Å². The van der Waals surface area contributed by atoms with Gasteiger partial charge in [-0.2, -0.15) is 0 Å². The van der Waals surface area contributed by atoms with E-state index in [2.05, 4.69) is 26.1 Å². The van der Waals surface area contributed by atoms with E-state index in [4.69, 9.17) is 0 Å². The van der Waals surface area contributed by atoms with Gasteiger partial charge in [0.05, 0.1) is 4.92 Å². The Kier molecular flexibility index (Phi) is 1.73. The second kappa shape index (κ2) is 2.77. The highest BCUT2D eigenvalue weighted by atomic mass is 79.9. The Morgan fingerprint density at radius 3 is 3.08 bits per heavy atom. The topological polar surface area (TPSA) is 73.3 Å². The number of nitrogens with zero attached hydrogens (tertiary/aromatic N) is 4. The SMILES string of the molecule is O=[N+]([O-])c1ccn2cnnc2c1Br. The Bertz CT molecular complexity index is 480. The van der Waals surface area contributed by atoms with E-state index in [-0.39, 0.29) is 5.69 Å². The van der Waals surface area contributed by atoms with Crippen LogP contribution in [0.3, 0.4) is 0 Å². The van der Waals surface area contributed by atoms with Crippen molar-refractivity contribution in [2.45, 2.75) is 0 Å². The molecule has 7 heteroatoms. The lowest BCUT2D eigenvalue weighted by atomic mass is 10.4. The summed E-state index contributed by atoms with van der Waals surface area (Å²) in [7, 11) is 0. The van der Waals surface area contributed by atoms with Gasteiger partial charge in [0.15, 0.2) is 5.65 Å². The van der Waals surface area contributed by atoms with Gasteiger partial charge >= 0.3 is 0 Å². The Morgan fingerprint density at radius 2 is 2.38 bits per heavy atom. The summed E-state index contributed by atoms with van der Waals surface area (Å²) >= 11 is 3.10. The summed E-state index contributed by atoms with van der Waals surface area (Å²) in [6.45, 7) is 0. The predicted octanol–water partition coefficient (Wildman–Crippen LogP) is 1.40. The standard InChI is InChI=1S/C6H3BrN4O2/c7-5-4(11(12)13)1-2-10-3-8-9-6(5)10/h1-3H. The number of rotatable bonds is 1. The van der Waals surface area contributed by atoms with Gasteiger partial charge in [0.1, 0.15) is 10.8 Å². The van der Waals surface area contributed by atoms with Crippen LogP contribution in [0.2, 0.25) is 0 Å². The molecule has 0 radical (unpaired) electrons. The lowest BCUT2D eigenvalue weighted by Crippen LogP contribution is -1.92. The lowest BCUT2D eigenvalue weighted by molar-refractivity contribution is -0.385. The second-order valence-corrected chi connectivity index (χ2v) is 3.13. The van der Waals surface area contributed by atoms with Gasteiger partial charge in [-0.3, -0.25) is 14.5 Å². The van der Waals surface area contributed by atoms with Gasteiger partial charge < -0.3 is 0 Å². The molecule has 2 aromatic rings. The van der Waals surface area contributed by atoms with Crippen LogP contribution in [0, 0.1) is 10.1 Å². The van der Waals surface area contributed by atoms with Crippen molar-refractivity contribution >= 4 is 27.3 Å². The van der Waals surface area contributed by atoms with Crippen LogP contribution in [0.1, 0.15) is 0 Å². The minimum absolute atomic E-state index is 0.0134. The van der Waals surface area contributed by atoms with Crippen molar-refractivity contribution in [1.29, 1.82) is 0 Å². The molecule has 0 unspecified atom stereocenters. The van der Waals surface area contributed by atoms with E-state index in [1.165, 1.54) is 18.6 Å². The van der Waals surface area contributed by atoms with Crippen molar-refractivity contribution < 1.29 is 4.92 Å². The molecular weight excluding hydrogens is 240 g/mol. The maximum atomic E-state index is 10.5. The maximum Gasteiger partial charge on any atom is 0.288 e. The van der Waals surface area contributed by atoms with E-state index < -0.39 is 4.92 Å². The summed E-state index contributed by atoms with van der Waals surface area (Å²) < 4.78 is 1.94. The molecule has 0 aliphatic rings. The van der Waals surface area contributed by atoms with Crippen molar-refractivity contribution in [1.82, 2.24) is 14.6 Å². The zero-order valence-corrected chi connectivity index (χ0v) is 7.80. The molecule has 13 heavy (non-hydrogen) atoms. The molecule has 0 amide bonds. The Hall–Kier alpha value is -1.50. The molecule has 66 valence electrons. The summed E-state index contributed by atoms with van der Waals surface area (Å²) in [5, 5.41) is 17.9. The van der Waals surface area contributed by atoms with Crippen LogP contribution in [0.15, 0.2) is 23.1 Å².